The van der Waals surface area contributed by atoms with Gasteiger partial charge in [-0.15, -0.1) is 23.5 Å². The Bertz CT molecular complexity index is 707. The van der Waals surface area contributed by atoms with Crippen LogP contribution in [0, 0.1) is 0 Å². The smallest absolute Gasteiger partial charge is 0.256 e. The molecule has 21 heavy (non-hydrogen) atoms. The largest absolute Gasteiger partial charge is 0.336 e. The van der Waals surface area contributed by atoms with E-state index in [1.165, 1.54) is 11.5 Å². The van der Waals surface area contributed by atoms with E-state index in [0.29, 0.717) is 11.1 Å². The SMILES string of the molecule is CN1Cc2c(C3SCCS3)ncn2-c2ccccc2C1=O. The van der Waals surface area contributed by atoms with Crippen molar-refractivity contribution < 1.29 is 4.79 Å². The second-order valence-electron chi connectivity index (χ2n) is 5.20. The predicted octanol–water partition coefficient (Wildman–Crippen LogP) is 2.94. The lowest BCUT2D eigenvalue weighted by Gasteiger charge is -2.15. The Kier molecular flexibility index (Phi) is 3.23. The van der Waals surface area contributed by atoms with Crippen LogP contribution in [0.3, 0.4) is 0 Å². The Balaban J connectivity index is 1.89. The van der Waals surface area contributed by atoms with E-state index in [-0.39, 0.29) is 5.91 Å². The van der Waals surface area contributed by atoms with Gasteiger partial charge in [0.1, 0.15) is 0 Å². The quantitative estimate of drug-likeness (QED) is 0.810. The summed E-state index contributed by atoms with van der Waals surface area (Å²) in [5.41, 5.74) is 3.95. The van der Waals surface area contributed by atoms with E-state index < -0.39 is 0 Å². The number of carbonyl (C=O) groups is 1. The number of carbonyl (C=O) groups excluding carboxylic acids is 1. The standard InChI is InChI=1S/C15H15N3OS2/c1-17-8-12-13(15-20-6-7-21-15)16-9-18(12)11-5-3-2-4-10(11)14(17)19/h2-5,9,15H,6-8H2,1H3. The van der Waals surface area contributed by atoms with Gasteiger partial charge in [0.05, 0.1) is 40.1 Å². The third kappa shape index (κ3) is 2.08. The fraction of sp³-hybridized carbons (Fsp3) is 0.333. The highest BCUT2D eigenvalue weighted by Gasteiger charge is 2.30. The van der Waals surface area contributed by atoms with Gasteiger partial charge >= 0.3 is 0 Å². The van der Waals surface area contributed by atoms with Crippen molar-refractivity contribution in [1.82, 2.24) is 14.5 Å². The van der Waals surface area contributed by atoms with Crippen molar-refractivity contribution in [2.45, 2.75) is 11.1 Å². The molecule has 0 unspecified atom stereocenters. The van der Waals surface area contributed by atoms with Crippen molar-refractivity contribution in [3.05, 3.63) is 47.5 Å². The first kappa shape index (κ1) is 13.3. The number of fused-ring (bicyclic) bond motifs is 3. The molecule has 1 fully saturated rings. The topological polar surface area (TPSA) is 38.1 Å². The normalized spacial score (nSPS) is 18.5. The molecule has 1 amide bonds. The van der Waals surface area contributed by atoms with Gasteiger partial charge in [-0.2, -0.15) is 0 Å². The lowest BCUT2D eigenvalue weighted by Crippen LogP contribution is -2.25. The molecule has 0 N–H and O–H groups in total. The highest BCUT2D eigenvalue weighted by Crippen LogP contribution is 2.46. The van der Waals surface area contributed by atoms with Crippen LogP contribution in [0.25, 0.3) is 5.69 Å². The van der Waals surface area contributed by atoms with E-state index >= 15 is 0 Å². The summed E-state index contributed by atoms with van der Waals surface area (Å²) in [6, 6.07) is 7.77. The number of nitrogens with zero attached hydrogens (tertiary/aromatic N) is 3. The summed E-state index contributed by atoms with van der Waals surface area (Å²) in [5, 5.41) is 0. The van der Waals surface area contributed by atoms with Gasteiger partial charge in [-0.05, 0) is 12.1 Å². The summed E-state index contributed by atoms with van der Waals surface area (Å²) in [6.07, 6.45) is 1.87. The summed E-state index contributed by atoms with van der Waals surface area (Å²) in [4.78, 5) is 19.0. The summed E-state index contributed by atoms with van der Waals surface area (Å²) >= 11 is 3.89. The van der Waals surface area contributed by atoms with Gasteiger partial charge in [0.15, 0.2) is 0 Å². The Morgan fingerprint density at radius 1 is 1.24 bits per heavy atom. The molecule has 2 aliphatic heterocycles. The number of hydrogen-bond donors (Lipinski definition) is 0. The zero-order valence-corrected chi connectivity index (χ0v) is 13.3. The molecule has 108 valence electrons. The molecule has 4 rings (SSSR count). The molecule has 4 nitrogen and oxygen atoms in total. The molecule has 0 bridgehead atoms. The van der Waals surface area contributed by atoms with Gasteiger partial charge in [-0.1, -0.05) is 12.1 Å². The maximum atomic E-state index is 12.5. The molecule has 0 atom stereocenters. The van der Waals surface area contributed by atoms with Crippen molar-refractivity contribution in [2.75, 3.05) is 18.6 Å². The Morgan fingerprint density at radius 2 is 2.00 bits per heavy atom. The molecule has 2 aromatic rings. The number of hydrogen-bond acceptors (Lipinski definition) is 4. The highest BCUT2D eigenvalue weighted by atomic mass is 32.2. The third-order valence-electron chi connectivity index (χ3n) is 3.87. The summed E-state index contributed by atoms with van der Waals surface area (Å²) in [7, 11) is 1.86. The van der Waals surface area contributed by atoms with E-state index in [0.717, 1.165) is 22.6 Å². The van der Waals surface area contributed by atoms with Crippen molar-refractivity contribution in [3.8, 4) is 5.69 Å². The van der Waals surface area contributed by atoms with Gasteiger partial charge in [0.25, 0.3) is 5.91 Å². The number of para-hydroxylation sites is 1. The third-order valence-corrected chi connectivity index (χ3v) is 6.88. The van der Waals surface area contributed by atoms with Crippen LogP contribution in [0.2, 0.25) is 0 Å². The Hall–Kier alpha value is -1.40. The fourth-order valence-corrected chi connectivity index (χ4v) is 5.70. The maximum absolute atomic E-state index is 12.5. The number of imidazole rings is 1. The van der Waals surface area contributed by atoms with Crippen molar-refractivity contribution >= 4 is 29.4 Å². The number of rotatable bonds is 1. The van der Waals surface area contributed by atoms with Gasteiger partial charge in [-0.3, -0.25) is 4.79 Å². The van der Waals surface area contributed by atoms with E-state index in [4.69, 9.17) is 0 Å². The van der Waals surface area contributed by atoms with Crippen LogP contribution < -0.4 is 0 Å². The average Bonchev–Trinajstić information content (AvgIpc) is 3.13. The predicted molar refractivity (Wildman–Crippen MR) is 87.0 cm³/mol. The molecule has 0 saturated carbocycles. The molecule has 3 heterocycles. The second-order valence-corrected chi connectivity index (χ2v) is 7.92. The van der Waals surface area contributed by atoms with Gasteiger partial charge < -0.3 is 9.47 Å². The zero-order chi connectivity index (χ0) is 14.4. The number of aromatic nitrogens is 2. The van der Waals surface area contributed by atoms with Crippen molar-refractivity contribution in [1.29, 1.82) is 0 Å². The molecule has 0 radical (unpaired) electrons. The molecule has 1 aromatic heterocycles. The first-order chi connectivity index (χ1) is 10.3. The van der Waals surface area contributed by atoms with Crippen LogP contribution in [0.1, 0.15) is 26.3 Å². The minimum absolute atomic E-state index is 0.0759. The van der Waals surface area contributed by atoms with E-state index in [1.807, 2.05) is 61.2 Å². The number of benzene rings is 1. The van der Waals surface area contributed by atoms with Crippen molar-refractivity contribution in [2.24, 2.45) is 0 Å². The van der Waals surface area contributed by atoms with Crippen LogP contribution in [-0.4, -0.2) is 38.9 Å². The Morgan fingerprint density at radius 3 is 2.81 bits per heavy atom. The van der Waals surface area contributed by atoms with Gasteiger partial charge in [-0.25, -0.2) is 4.98 Å². The first-order valence-corrected chi connectivity index (χ1v) is 8.99. The minimum Gasteiger partial charge on any atom is -0.336 e. The molecule has 6 heteroatoms. The maximum Gasteiger partial charge on any atom is 0.256 e. The van der Waals surface area contributed by atoms with Crippen LogP contribution in [0.5, 0.6) is 0 Å². The molecule has 1 aromatic carbocycles. The molecular formula is C15H15N3OS2. The Labute approximate surface area is 131 Å². The molecule has 0 aliphatic carbocycles. The molecule has 2 aliphatic rings. The summed E-state index contributed by atoms with van der Waals surface area (Å²) in [5.74, 6) is 2.42. The lowest BCUT2D eigenvalue weighted by atomic mass is 10.1. The van der Waals surface area contributed by atoms with E-state index in [1.54, 1.807) is 4.90 Å². The number of thioether (sulfide) groups is 2. The van der Waals surface area contributed by atoms with Crippen LogP contribution in [0.4, 0.5) is 0 Å². The van der Waals surface area contributed by atoms with Crippen LogP contribution in [0.15, 0.2) is 30.6 Å². The summed E-state index contributed by atoms with van der Waals surface area (Å²) < 4.78 is 2.49. The molecule has 1 saturated heterocycles. The fourth-order valence-electron chi connectivity index (χ4n) is 2.83. The molecular weight excluding hydrogens is 302 g/mol. The van der Waals surface area contributed by atoms with Gasteiger partial charge in [0.2, 0.25) is 0 Å². The zero-order valence-electron chi connectivity index (χ0n) is 11.7. The second kappa shape index (κ2) is 5.10. The summed E-state index contributed by atoms with van der Waals surface area (Å²) in [6.45, 7) is 0.612. The van der Waals surface area contributed by atoms with Crippen LogP contribution in [-0.2, 0) is 6.54 Å². The van der Waals surface area contributed by atoms with E-state index in [2.05, 4.69) is 9.55 Å². The monoisotopic (exact) mass is 317 g/mol. The minimum atomic E-state index is 0.0759. The molecule has 0 spiro atoms. The number of amides is 1. The average molecular weight is 317 g/mol. The lowest BCUT2D eigenvalue weighted by molar-refractivity contribution is 0.0788. The van der Waals surface area contributed by atoms with Gasteiger partial charge in [0, 0.05) is 18.6 Å². The van der Waals surface area contributed by atoms with E-state index in [9.17, 15) is 4.79 Å². The van der Waals surface area contributed by atoms with Crippen LogP contribution >= 0.6 is 23.5 Å². The van der Waals surface area contributed by atoms with Crippen molar-refractivity contribution in [3.63, 3.8) is 0 Å². The highest BCUT2D eigenvalue weighted by molar-refractivity contribution is 8.19. The first-order valence-electron chi connectivity index (χ1n) is 6.90.